The zero-order chi connectivity index (χ0) is 13.1. The number of nitrogens with zero attached hydrogens (tertiary/aromatic N) is 3. The normalized spacial score (nSPS) is 18.8. The molecule has 2 aromatic heterocycles. The molecule has 1 fully saturated rings. The van der Waals surface area contributed by atoms with Gasteiger partial charge in [-0.15, -0.1) is 0 Å². The van der Waals surface area contributed by atoms with Gasteiger partial charge in [-0.05, 0) is 18.6 Å². The van der Waals surface area contributed by atoms with Crippen LogP contribution in [0, 0.1) is 0 Å². The van der Waals surface area contributed by atoms with E-state index in [9.17, 15) is 0 Å². The van der Waals surface area contributed by atoms with Crippen LogP contribution >= 0.6 is 0 Å². The highest BCUT2D eigenvalue weighted by Gasteiger charge is 2.20. The van der Waals surface area contributed by atoms with Gasteiger partial charge in [-0.25, -0.2) is 9.97 Å². The van der Waals surface area contributed by atoms with Crippen molar-refractivity contribution in [3.8, 4) is 0 Å². The molecule has 0 aromatic carbocycles. The van der Waals surface area contributed by atoms with Gasteiger partial charge in [0.1, 0.15) is 23.7 Å². The van der Waals surface area contributed by atoms with Gasteiger partial charge in [0.25, 0.3) is 0 Å². The molecule has 1 aliphatic heterocycles. The Bertz CT molecular complexity index is 528. The second kappa shape index (κ2) is 5.27. The van der Waals surface area contributed by atoms with Crippen molar-refractivity contribution in [2.24, 2.45) is 5.73 Å². The first-order valence-corrected chi connectivity index (χ1v) is 6.40. The molecule has 1 unspecified atom stereocenters. The Balaban J connectivity index is 1.66. The fraction of sp³-hybridized carbons (Fsp3) is 0.385. The molecular weight excluding hydrogens is 242 g/mol. The molecule has 2 aromatic rings. The summed E-state index contributed by atoms with van der Waals surface area (Å²) in [4.78, 5) is 10.7. The summed E-state index contributed by atoms with van der Waals surface area (Å²) >= 11 is 0. The second-order valence-electron chi connectivity index (χ2n) is 4.69. The Hall–Kier alpha value is -2.08. The Morgan fingerprint density at radius 1 is 1.47 bits per heavy atom. The maximum absolute atomic E-state index is 5.91. The minimum Gasteiger partial charge on any atom is -0.467 e. The predicted molar refractivity (Wildman–Crippen MR) is 72.9 cm³/mol. The van der Waals surface area contributed by atoms with Crippen molar-refractivity contribution in [3.05, 3.63) is 36.5 Å². The predicted octanol–water partition coefficient (Wildman–Crippen LogP) is 1.22. The van der Waals surface area contributed by atoms with E-state index >= 15 is 0 Å². The van der Waals surface area contributed by atoms with Gasteiger partial charge in [-0.3, -0.25) is 0 Å². The number of anilines is 2. The smallest absolute Gasteiger partial charge is 0.134 e. The molecule has 3 N–H and O–H groups in total. The Morgan fingerprint density at radius 3 is 3.16 bits per heavy atom. The van der Waals surface area contributed by atoms with E-state index in [0.29, 0.717) is 6.54 Å². The first-order valence-electron chi connectivity index (χ1n) is 6.40. The summed E-state index contributed by atoms with van der Waals surface area (Å²) in [6.45, 7) is 2.42. The molecule has 0 spiro atoms. The molecule has 6 nitrogen and oxygen atoms in total. The molecule has 19 heavy (non-hydrogen) atoms. The fourth-order valence-electron chi connectivity index (χ4n) is 2.20. The number of nitrogens with two attached hydrogens (primary N) is 1. The summed E-state index contributed by atoms with van der Waals surface area (Å²) in [5.74, 6) is 2.59. The zero-order valence-electron chi connectivity index (χ0n) is 10.6. The van der Waals surface area contributed by atoms with Gasteiger partial charge < -0.3 is 20.4 Å². The van der Waals surface area contributed by atoms with Gasteiger partial charge in [0.2, 0.25) is 0 Å². The minimum absolute atomic E-state index is 0.245. The SMILES string of the molecule is NC1CCN(c2cc(NCc3ccco3)ncn2)C1. The summed E-state index contributed by atoms with van der Waals surface area (Å²) in [5, 5.41) is 3.22. The van der Waals surface area contributed by atoms with Crippen LogP contribution in [0.2, 0.25) is 0 Å². The van der Waals surface area contributed by atoms with Crippen LogP contribution in [0.25, 0.3) is 0 Å². The van der Waals surface area contributed by atoms with Gasteiger partial charge >= 0.3 is 0 Å². The lowest BCUT2D eigenvalue weighted by Gasteiger charge is -2.17. The van der Waals surface area contributed by atoms with Crippen molar-refractivity contribution >= 4 is 11.6 Å². The monoisotopic (exact) mass is 259 g/mol. The topological polar surface area (TPSA) is 80.2 Å². The number of hydrogen-bond acceptors (Lipinski definition) is 6. The number of rotatable bonds is 4. The third kappa shape index (κ3) is 2.85. The summed E-state index contributed by atoms with van der Waals surface area (Å²) in [7, 11) is 0. The van der Waals surface area contributed by atoms with Crippen LogP contribution in [0.15, 0.2) is 35.2 Å². The third-order valence-electron chi connectivity index (χ3n) is 3.23. The molecule has 0 radical (unpaired) electrons. The lowest BCUT2D eigenvalue weighted by molar-refractivity contribution is 0.518. The molecule has 100 valence electrons. The third-order valence-corrected chi connectivity index (χ3v) is 3.23. The highest BCUT2D eigenvalue weighted by Crippen LogP contribution is 2.19. The molecule has 3 heterocycles. The van der Waals surface area contributed by atoms with Gasteiger partial charge in [-0.2, -0.15) is 0 Å². The van der Waals surface area contributed by atoms with E-state index in [1.165, 1.54) is 0 Å². The van der Waals surface area contributed by atoms with Crippen molar-refractivity contribution < 1.29 is 4.42 Å². The first kappa shape index (κ1) is 12.0. The number of furan rings is 1. The summed E-state index contributed by atoms with van der Waals surface area (Å²) < 4.78 is 5.27. The van der Waals surface area contributed by atoms with E-state index in [1.807, 2.05) is 18.2 Å². The van der Waals surface area contributed by atoms with Crippen molar-refractivity contribution in [3.63, 3.8) is 0 Å². The van der Waals surface area contributed by atoms with Gasteiger partial charge in [0.05, 0.1) is 12.8 Å². The maximum Gasteiger partial charge on any atom is 0.134 e. The highest BCUT2D eigenvalue weighted by atomic mass is 16.3. The lowest BCUT2D eigenvalue weighted by Crippen LogP contribution is -2.26. The Morgan fingerprint density at radius 2 is 2.42 bits per heavy atom. The fourth-order valence-corrected chi connectivity index (χ4v) is 2.20. The van der Waals surface area contributed by atoms with E-state index in [4.69, 9.17) is 10.2 Å². The average Bonchev–Trinajstić information content (AvgIpc) is 3.08. The molecule has 0 aliphatic carbocycles. The summed E-state index contributed by atoms with van der Waals surface area (Å²) in [5.41, 5.74) is 5.91. The number of aromatic nitrogens is 2. The Kier molecular flexibility index (Phi) is 3.33. The minimum atomic E-state index is 0.245. The molecular formula is C13H17N5O. The van der Waals surface area contributed by atoms with Crippen LogP contribution in [0.5, 0.6) is 0 Å². The molecule has 0 bridgehead atoms. The molecule has 0 saturated carbocycles. The van der Waals surface area contributed by atoms with Crippen molar-refractivity contribution in [2.45, 2.75) is 19.0 Å². The standard InChI is InChI=1S/C13H17N5O/c14-10-3-4-18(8-10)13-6-12(16-9-17-13)15-7-11-2-1-5-19-11/h1-2,5-6,9-10H,3-4,7-8,14H2,(H,15,16,17). The molecule has 0 amide bonds. The van der Waals surface area contributed by atoms with Gasteiger partial charge in [0, 0.05) is 25.2 Å². The molecule has 3 rings (SSSR count). The van der Waals surface area contributed by atoms with Crippen LogP contribution in [-0.2, 0) is 6.54 Å². The number of nitrogens with one attached hydrogen (secondary N) is 1. The zero-order valence-corrected chi connectivity index (χ0v) is 10.6. The second-order valence-corrected chi connectivity index (χ2v) is 4.69. The van der Waals surface area contributed by atoms with E-state index in [0.717, 1.165) is 36.9 Å². The van der Waals surface area contributed by atoms with E-state index in [2.05, 4.69) is 20.2 Å². The summed E-state index contributed by atoms with van der Waals surface area (Å²) in [6.07, 6.45) is 4.25. The average molecular weight is 259 g/mol. The molecule has 1 aliphatic rings. The maximum atomic E-state index is 5.91. The van der Waals surface area contributed by atoms with Gasteiger partial charge in [-0.1, -0.05) is 0 Å². The van der Waals surface area contributed by atoms with E-state index in [1.54, 1.807) is 12.6 Å². The van der Waals surface area contributed by atoms with Crippen LogP contribution in [0.1, 0.15) is 12.2 Å². The highest BCUT2D eigenvalue weighted by molar-refractivity contribution is 5.49. The van der Waals surface area contributed by atoms with Crippen LogP contribution < -0.4 is 16.0 Å². The first-order chi connectivity index (χ1) is 9.31. The quantitative estimate of drug-likeness (QED) is 0.859. The Labute approximate surface area is 111 Å². The summed E-state index contributed by atoms with van der Waals surface area (Å²) in [6, 6.07) is 5.98. The van der Waals surface area contributed by atoms with Crippen molar-refractivity contribution in [1.82, 2.24) is 9.97 Å². The van der Waals surface area contributed by atoms with Crippen LogP contribution in [-0.4, -0.2) is 29.1 Å². The van der Waals surface area contributed by atoms with E-state index in [-0.39, 0.29) is 6.04 Å². The molecule has 1 saturated heterocycles. The van der Waals surface area contributed by atoms with E-state index < -0.39 is 0 Å². The molecule has 6 heteroatoms. The van der Waals surface area contributed by atoms with Crippen molar-refractivity contribution in [2.75, 3.05) is 23.3 Å². The number of hydrogen-bond donors (Lipinski definition) is 2. The van der Waals surface area contributed by atoms with Crippen LogP contribution in [0.3, 0.4) is 0 Å². The van der Waals surface area contributed by atoms with Crippen molar-refractivity contribution in [1.29, 1.82) is 0 Å². The van der Waals surface area contributed by atoms with Gasteiger partial charge in [0.15, 0.2) is 0 Å². The largest absolute Gasteiger partial charge is 0.467 e. The lowest BCUT2D eigenvalue weighted by atomic mass is 10.3. The van der Waals surface area contributed by atoms with Crippen LogP contribution in [0.4, 0.5) is 11.6 Å². The molecule has 1 atom stereocenters.